The number of imidazole rings is 1. The molecular weight excluding hydrogens is 244 g/mol. The van der Waals surface area contributed by atoms with E-state index >= 15 is 0 Å². The highest BCUT2D eigenvalue weighted by Crippen LogP contribution is 2.27. The minimum absolute atomic E-state index is 0.103. The van der Waals surface area contributed by atoms with Crippen LogP contribution in [0.15, 0.2) is 30.3 Å². The van der Waals surface area contributed by atoms with Gasteiger partial charge in [0.1, 0.15) is 5.82 Å². The SMILES string of the molecule is O=C(O)c1nc(-c2ccccc2)n2c1CCC(O)C2. The molecule has 1 aliphatic rings. The number of benzene rings is 1. The van der Waals surface area contributed by atoms with Crippen LogP contribution < -0.4 is 0 Å². The van der Waals surface area contributed by atoms with Gasteiger partial charge in [0.15, 0.2) is 5.69 Å². The standard InChI is InChI=1S/C14H14N2O3/c17-10-6-7-11-12(14(18)19)15-13(16(11)8-10)9-4-2-1-3-5-9/h1-5,10,17H,6-8H2,(H,18,19). The van der Waals surface area contributed by atoms with Crippen LogP contribution in [0.3, 0.4) is 0 Å². The van der Waals surface area contributed by atoms with Gasteiger partial charge in [0, 0.05) is 5.56 Å². The lowest BCUT2D eigenvalue weighted by atomic mass is 10.1. The number of aliphatic hydroxyl groups excluding tert-OH is 1. The van der Waals surface area contributed by atoms with Crippen LogP contribution >= 0.6 is 0 Å². The molecule has 19 heavy (non-hydrogen) atoms. The summed E-state index contributed by atoms with van der Waals surface area (Å²) in [7, 11) is 0. The highest BCUT2D eigenvalue weighted by atomic mass is 16.4. The Kier molecular flexibility index (Phi) is 2.83. The second-order valence-electron chi connectivity index (χ2n) is 4.70. The van der Waals surface area contributed by atoms with Crippen molar-refractivity contribution in [3.05, 3.63) is 41.7 Å². The lowest BCUT2D eigenvalue weighted by Gasteiger charge is -2.21. The van der Waals surface area contributed by atoms with Crippen LogP contribution in [0, 0.1) is 0 Å². The zero-order valence-corrected chi connectivity index (χ0v) is 10.3. The largest absolute Gasteiger partial charge is 0.476 e. The monoisotopic (exact) mass is 258 g/mol. The van der Waals surface area contributed by atoms with E-state index in [-0.39, 0.29) is 5.69 Å². The van der Waals surface area contributed by atoms with Gasteiger partial charge in [-0.25, -0.2) is 9.78 Å². The summed E-state index contributed by atoms with van der Waals surface area (Å²) in [6.45, 7) is 0.403. The molecule has 0 bridgehead atoms. The first-order valence-electron chi connectivity index (χ1n) is 6.23. The van der Waals surface area contributed by atoms with Crippen molar-refractivity contribution in [3.63, 3.8) is 0 Å². The Balaban J connectivity index is 2.17. The molecule has 0 saturated heterocycles. The minimum atomic E-state index is -1.01. The van der Waals surface area contributed by atoms with Crippen LogP contribution in [0.4, 0.5) is 0 Å². The van der Waals surface area contributed by atoms with Gasteiger partial charge < -0.3 is 14.8 Å². The van der Waals surface area contributed by atoms with Crippen LogP contribution in [0.5, 0.6) is 0 Å². The van der Waals surface area contributed by atoms with E-state index in [1.807, 2.05) is 34.9 Å². The molecule has 1 aliphatic heterocycles. The van der Waals surface area contributed by atoms with Crippen molar-refractivity contribution in [1.29, 1.82) is 0 Å². The number of fused-ring (bicyclic) bond motifs is 1. The van der Waals surface area contributed by atoms with E-state index in [9.17, 15) is 15.0 Å². The maximum Gasteiger partial charge on any atom is 0.356 e. The zero-order valence-electron chi connectivity index (χ0n) is 10.3. The van der Waals surface area contributed by atoms with Gasteiger partial charge in [-0.05, 0) is 12.8 Å². The molecular formula is C14H14N2O3. The Hall–Kier alpha value is -2.14. The number of hydrogen-bond acceptors (Lipinski definition) is 3. The van der Waals surface area contributed by atoms with Crippen LogP contribution in [0.1, 0.15) is 22.6 Å². The number of carbonyl (C=O) groups is 1. The predicted molar refractivity (Wildman–Crippen MR) is 69.0 cm³/mol. The topological polar surface area (TPSA) is 75.3 Å². The van der Waals surface area contributed by atoms with E-state index in [1.54, 1.807) is 0 Å². The van der Waals surface area contributed by atoms with E-state index in [0.29, 0.717) is 30.9 Å². The Morgan fingerprint density at radius 2 is 2.05 bits per heavy atom. The summed E-state index contributed by atoms with van der Waals surface area (Å²) in [5.74, 6) is -0.394. The summed E-state index contributed by atoms with van der Waals surface area (Å²) in [5.41, 5.74) is 1.67. The van der Waals surface area contributed by atoms with Gasteiger partial charge in [-0.1, -0.05) is 30.3 Å². The first-order valence-corrected chi connectivity index (χ1v) is 6.23. The Bertz CT molecular complexity index is 619. The van der Waals surface area contributed by atoms with Crippen LogP contribution in [-0.4, -0.2) is 31.8 Å². The zero-order chi connectivity index (χ0) is 13.4. The fraction of sp³-hybridized carbons (Fsp3) is 0.286. The molecule has 0 aliphatic carbocycles. The Morgan fingerprint density at radius 1 is 1.32 bits per heavy atom. The van der Waals surface area contributed by atoms with Gasteiger partial charge in [0.2, 0.25) is 0 Å². The summed E-state index contributed by atoms with van der Waals surface area (Å²) in [4.78, 5) is 15.5. The molecule has 0 radical (unpaired) electrons. The molecule has 2 aromatic rings. The lowest BCUT2D eigenvalue weighted by molar-refractivity contribution is 0.0686. The van der Waals surface area contributed by atoms with E-state index < -0.39 is 12.1 Å². The summed E-state index contributed by atoms with van der Waals surface area (Å²) in [6.07, 6.45) is 0.689. The normalized spacial score (nSPS) is 18.1. The minimum Gasteiger partial charge on any atom is -0.476 e. The smallest absolute Gasteiger partial charge is 0.356 e. The number of carboxylic acids is 1. The molecule has 3 rings (SSSR count). The second-order valence-corrected chi connectivity index (χ2v) is 4.70. The maximum absolute atomic E-state index is 11.3. The molecule has 98 valence electrons. The average Bonchev–Trinajstić information content (AvgIpc) is 2.78. The van der Waals surface area contributed by atoms with Crippen molar-refractivity contribution in [2.45, 2.75) is 25.5 Å². The molecule has 0 saturated carbocycles. The molecule has 2 N–H and O–H groups in total. The predicted octanol–water partition coefficient (Wildman–Crippen LogP) is 1.56. The third kappa shape index (κ3) is 2.02. The van der Waals surface area contributed by atoms with Crippen molar-refractivity contribution >= 4 is 5.97 Å². The van der Waals surface area contributed by atoms with Gasteiger partial charge in [-0.2, -0.15) is 0 Å². The van der Waals surface area contributed by atoms with Crippen LogP contribution in [0.2, 0.25) is 0 Å². The lowest BCUT2D eigenvalue weighted by Crippen LogP contribution is -2.25. The number of aromatic nitrogens is 2. The van der Waals surface area contributed by atoms with Crippen LogP contribution in [-0.2, 0) is 13.0 Å². The molecule has 1 unspecified atom stereocenters. The summed E-state index contributed by atoms with van der Waals surface area (Å²) in [6, 6.07) is 9.45. The summed E-state index contributed by atoms with van der Waals surface area (Å²) in [5, 5.41) is 19.0. The van der Waals surface area contributed by atoms with Gasteiger partial charge in [-0.15, -0.1) is 0 Å². The average molecular weight is 258 g/mol. The highest BCUT2D eigenvalue weighted by Gasteiger charge is 2.27. The molecule has 0 spiro atoms. The molecule has 5 nitrogen and oxygen atoms in total. The molecule has 1 aromatic carbocycles. The fourth-order valence-corrected chi connectivity index (χ4v) is 2.52. The van der Waals surface area contributed by atoms with Crippen molar-refractivity contribution in [1.82, 2.24) is 9.55 Å². The Morgan fingerprint density at radius 3 is 2.74 bits per heavy atom. The second kappa shape index (κ2) is 4.51. The quantitative estimate of drug-likeness (QED) is 0.857. The van der Waals surface area contributed by atoms with Crippen LogP contribution in [0.25, 0.3) is 11.4 Å². The summed E-state index contributed by atoms with van der Waals surface area (Å²) < 4.78 is 1.83. The molecule has 1 atom stereocenters. The van der Waals surface area contributed by atoms with E-state index in [4.69, 9.17) is 0 Å². The van der Waals surface area contributed by atoms with Gasteiger partial charge in [0.25, 0.3) is 0 Å². The number of aromatic carboxylic acids is 1. The first kappa shape index (κ1) is 11.9. The van der Waals surface area contributed by atoms with E-state index in [0.717, 1.165) is 5.56 Å². The number of hydrogen-bond donors (Lipinski definition) is 2. The van der Waals surface area contributed by atoms with Crippen molar-refractivity contribution in [3.8, 4) is 11.4 Å². The number of rotatable bonds is 2. The van der Waals surface area contributed by atoms with Gasteiger partial charge >= 0.3 is 5.97 Å². The van der Waals surface area contributed by atoms with Gasteiger partial charge in [-0.3, -0.25) is 0 Å². The number of carboxylic acid groups (broad SMARTS) is 1. The van der Waals surface area contributed by atoms with Crippen molar-refractivity contribution in [2.75, 3.05) is 0 Å². The molecule has 0 fully saturated rings. The highest BCUT2D eigenvalue weighted by molar-refractivity contribution is 5.88. The van der Waals surface area contributed by atoms with E-state index in [1.165, 1.54) is 0 Å². The fourth-order valence-electron chi connectivity index (χ4n) is 2.52. The first-order chi connectivity index (χ1) is 9.16. The summed E-state index contributed by atoms with van der Waals surface area (Å²) >= 11 is 0. The van der Waals surface area contributed by atoms with Crippen molar-refractivity contribution in [2.24, 2.45) is 0 Å². The van der Waals surface area contributed by atoms with Gasteiger partial charge in [0.05, 0.1) is 18.3 Å². The molecule has 5 heteroatoms. The third-order valence-corrected chi connectivity index (χ3v) is 3.41. The number of aliphatic hydroxyl groups is 1. The molecule has 1 aromatic heterocycles. The maximum atomic E-state index is 11.3. The number of nitrogens with zero attached hydrogens (tertiary/aromatic N) is 2. The molecule has 2 heterocycles. The Labute approximate surface area is 110 Å². The third-order valence-electron chi connectivity index (χ3n) is 3.41. The molecule has 0 amide bonds. The van der Waals surface area contributed by atoms with Crippen molar-refractivity contribution < 1.29 is 15.0 Å². The van der Waals surface area contributed by atoms with E-state index in [2.05, 4.69) is 4.98 Å².